The number of aryl methyl sites for hydroxylation is 1. The summed E-state index contributed by atoms with van der Waals surface area (Å²) in [6, 6.07) is 14.0. The van der Waals surface area contributed by atoms with Crippen LogP contribution in [0.5, 0.6) is 11.5 Å². The van der Waals surface area contributed by atoms with Crippen molar-refractivity contribution in [3.63, 3.8) is 0 Å². The summed E-state index contributed by atoms with van der Waals surface area (Å²) in [5, 5.41) is 15.3. The van der Waals surface area contributed by atoms with Crippen molar-refractivity contribution in [2.75, 3.05) is 26.2 Å². The third-order valence-corrected chi connectivity index (χ3v) is 9.29. The Balaban J connectivity index is 1.59. The summed E-state index contributed by atoms with van der Waals surface area (Å²) >= 11 is 6.39. The number of rotatable bonds is 8. The average molecular weight is 632 g/mol. The number of esters is 1. The zero-order valence-corrected chi connectivity index (χ0v) is 25.6. The van der Waals surface area contributed by atoms with Crippen molar-refractivity contribution >= 4 is 51.9 Å². The Labute approximate surface area is 263 Å². The number of aromatic amines is 1. The standard InChI is InChI=1S/C33H30ClN3O8/c1-16-9-10-18(11-22(16)34)37-29(38)26-27(30(37)39)33(32(41)42,14-17-15-35-23-8-6-5-7-20(17)23)36-28(26)21-12-19(43-2)13-24(44-3)25(21)31(40)45-4/h5-13,15,26-28,35-36H,14H2,1-4H3,(H,41,42). The second kappa shape index (κ2) is 11.2. The molecule has 232 valence electrons. The minimum atomic E-state index is -1.97. The lowest BCUT2D eigenvalue weighted by atomic mass is 9.76. The Hall–Kier alpha value is -4.87. The predicted octanol–water partition coefficient (Wildman–Crippen LogP) is 4.45. The number of halogens is 1. The van der Waals surface area contributed by atoms with Crippen LogP contribution in [0.25, 0.3) is 10.9 Å². The molecule has 3 N–H and O–H groups in total. The van der Waals surface area contributed by atoms with Crippen molar-refractivity contribution < 1.29 is 38.5 Å². The number of hydrogen-bond acceptors (Lipinski definition) is 8. The molecule has 2 saturated heterocycles. The zero-order chi connectivity index (χ0) is 32.2. The third kappa shape index (κ3) is 4.61. The van der Waals surface area contributed by atoms with Gasteiger partial charge in [-0.3, -0.25) is 19.7 Å². The van der Waals surface area contributed by atoms with Crippen LogP contribution in [0.1, 0.15) is 33.1 Å². The second-order valence-electron chi connectivity index (χ2n) is 11.2. The number of hydrogen-bond donors (Lipinski definition) is 3. The summed E-state index contributed by atoms with van der Waals surface area (Å²) < 4.78 is 16.1. The normalized spacial score (nSPS) is 22.5. The van der Waals surface area contributed by atoms with Gasteiger partial charge < -0.3 is 24.3 Å². The van der Waals surface area contributed by atoms with Crippen molar-refractivity contribution in [3.05, 3.63) is 88.1 Å². The van der Waals surface area contributed by atoms with Crippen LogP contribution in [0.2, 0.25) is 5.02 Å². The first-order chi connectivity index (χ1) is 21.6. The minimum Gasteiger partial charge on any atom is -0.497 e. The summed E-state index contributed by atoms with van der Waals surface area (Å²) in [5.74, 6) is -5.66. The SMILES string of the molecule is COC(=O)c1c(OC)cc(OC)cc1C1NC(Cc2c[nH]c3ccccc23)(C(=O)O)C2C(=O)N(c3ccc(C)c(Cl)c3)C(=O)C12. The van der Waals surface area contributed by atoms with E-state index in [9.17, 15) is 24.3 Å². The van der Waals surface area contributed by atoms with E-state index in [1.165, 1.54) is 39.5 Å². The van der Waals surface area contributed by atoms with Crippen molar-refractivity contribution in [3.8, 4) is 11.5 Å². The molecule has 0 spiro atoms. The molecule has 4 atom stereocenters. The number of carbonyl (C=O) groups is 4. The lowest BCUT2D eigenvalue weighted by Gasteiger charge is -2.31. The van der Waals surface area contributed by atoms with Crippen molar-refractivity contribution in [1.29, 1.82) is 0 Å². The summed E-state index contributed by atoms with van der Waals surface area (Å²) in [6.07, 6.45) is 1.55. The van der Waals surface area contributed by atoms with Gasteiger partial charge in [0.1, 0.15) is 22.6 Å². The van der Waals surface area contributed by atoms with Gasteiger partial charge in [0, 0.05) is 40.7 Å². The number of ether oxygens (including phenoxy) is 3. The maximum absolute atomic E-state index is 14.4. The third-order valence-electron chi connectivity index (χ3n) is 8.88. The molecule has 2 fully saturated rings. The molecule has 4 aromatic rings. The van der Waals surface area contributed by atoms with Crippen LogP contribution >= 0.6 is 11.6 Å². The highest BCUT2D eigenvalue weighted by molar-refractivity contribution is 6.32. The number of nitrogens with one attached hydrogen (secondary N) is 2. The van der Waals surface area contributed by atoms with Crippen molar-refractivity contribution in [1.82, 2.24) is 10.3 Å². The Kier molecular flexibility index (Phi) is 7.54. The van der Waals surface area contributed by atoms with Gasteiger partial charge in [0.25, 0.3) is 0 Å². The number of benzene rings is 3. The number of H-pyrrole nitrogens is 1. The number of imide groups is 1. The number of amides is 2. The number of aromatic nitrogens is 1. The maximum atomic E-state index is 14.4. The van der Waals surface area contributed by atoms with Crippen molar-refractivity contribution in [2.24, 2.45) is 11.8 Å². The van der Waals surface area contributed by atoms with Gasteiger partial charge in [-0.05, 0) is 47.9 Å². The van der Waals surface area contributed by atoms with Crippen molar-refractivity contribution in [2.45, 2.75) is 24.9 Å². The molecule has 0 saturated carbocycles. The molecule has 0 radical (unpaired) electrons. The summed E-state index contributed by atoms with van der Waals surface area (Å²) in [5.41, 5.74) is 0.575. The molecular formula is C33H30ClN3O8. The molecule has 6 rings (SSSR count). The van der Waals surface area contributed by atoms with Crippen LogP contribution in [0.15, 0.2) is 60.8 Å². The van der Waals surface area contributed by atoms with Gasteiger partial charge in [-0.25, -0.2) is 9.69 Å². The lowest BCUT2D eigenvalue weighted by molar-refractivity contribution is -0.148. The van der Waals surface area contributed by atoms with Crippen LogP contribution in [0, 0.1) is 18.8 Å². The van der Waals surface area contributed by atoms with E-state index in [0.29, 0.717) is 10.6 Å². The second-order valence-corrected chi connectivity index (χ2v) is 11.6. The maximum Gasteiger partial charge on any atom is 0.341 e. The van der Waals surface area contributed by atoms with Gasteiger partial charge in [-0.2, -0.15) is 0 Å². The van der Waals surface area contributed by atoms with Gasteiger partial charge in [-0.15, -0.1) is 0 Å². The van der Waals surface area contributed by atoms with Gasteiger partial charge >= 0.3 is 11.9 Å². The number of anilines is 1. The number of aliphatic carboxylic acids is 1. The number of fused-ring (bicyclic) bond motifs is 2. The summed E-state index contributed by atoms with van der Waals surface area (Å²) in [7, 11) is 3.99. The fourth-order valence-electron chi connectivity index (χ4n) is 6.71. The molecule has 0 aliphatic carbocycles. The van der Waals surface area contributed by atoms with Crippen LogP contribution < -0.4 is 19.7 Å². The number of nitrogens with zero attached hydrogens (tertiary/aromatic N) is 1. The monoisotopic (exact) mass is 631 g/mol. The topological polar surface area (TPSA) is 147 Å². The summed E-state index contributed by atoms with van der Waals surface area (Å²) in [6.45, 7) is 1.79. The van der Waals surface area contributed by atoms with E-state index in [0.717, 1.165) is 21.4 Å². The number of para-hydroxylation sites is 1. The molecule has 3 heterocycles. The fourth-order valence-corrected chi connectivity index (χ4v) is 6.89. The molecule has 2 amide bonds. The fraction of sp³-hybridized carbons (Fsp3) is 0.273. The Bertz CT molecular complexity index is 1890. The highest BCUT2D eigenvalue weighted by Crippen LogP contribution is 2.53. The van der Waals surface area contributed by atoms with E-state index in [4.69, 9.17) is 25.8 Å². The van der Waals surface area contributed by atoms with E-state index in [1.54, 1.807) is 25.3 Å². The molecule has 3 aromatic carbocycles. The Morgan fingerprint density at radius 3 is 2.44 bits per heavy atom. The van der Waals surface area contributed by atoms with Crippen LogP contribution in [-0.4, -0.2) is 60.7 Å². The van der Waals surface area contributed by atoms with Crippen LogP contribution in [-0.2, 0) is 25.5 Å². The number of methoxy groups -OCH3 is 3. The molecular weight excluding hydrogens is 602 g/mol. The summed E-state index contributed by atoms with van der Waals surface area (Å²) in [4.78, 5) is 59.7. The first kappa shape index (κ1) is 30.2. The van der Waals surface area contributed by atoms with Gasteiger partial charge in [0.2, 0.25) is 11.8 Å². The van der Waals surface area contributed by atoms with E-state index in [-0.39, 0.29) is 34.7 Å². The van der Waals surface area contributed by atoms with E-state index in [1.807, 2.05) is 24.3 Å². The number of carboxylic acids is 1. The predicted molar refractivity (Wildman–Crippen MR) is 165 cm³/mol. The van der Waals surface area contributed by atoms with Crippen LogP contribution in [0.4, 0.5) is 5.69 Å². The molecule has 1 aromatic heterocycles. The van der Waals surface area contributed by atoms with Crippen LogP contribution in [0.3, 0.4) is 0 Å². The zero-order valence-electron chi connectivity index (χ0n) is 24.8. The Morgan fingerprint density at radius 1 is 1.02 bits per heavy atom. The highest BCUT2D eigenvalue weighted by atomic mass is 35.5. The Morgan fingerprint density at radius 2 is 1.78 bits per heavy atom. The molecule has 12 heteroatoms. The molecule has 2 aliphatic heterocycles. The van der Waals surface area contributed by atoms with E-state index >= 15 is 0 Å². The minimum absolute atomic E-state index is 0.0255. The van der Waals surface area contributed by atoms with E-state index < -0.39 is 47.2 Å². The number of carboxylic acid groups (broad SMARTS) is 1. The lowest BCUT2D eigenvalue weighted by Crippen LogP contribution is -2.57. The molecule has 11 nitrogen and oxygen atoms in total. The van der Waals surface area contributed by atoms with Gasteiger partial charge in [0.15, 0.2) is 0 Å². The molecule has 45 heavy (non-hydrogen) atoms. The molecule has 4 unspecified atom stereocenters. The molecule has 0 bridgehead atoms. The smallest absolute Gasteiger partial charge is 0.341 e. The first-order valence-electron chi connectivity index (χ1n) is 14.1. The average Bonchev–Trinajstić information content (AvgIpc) is 3.69. The molecule has 2 aliphatic rings. The van der Waals surface area contributed by atoms with Gasteiger partial charge in [-0.1, -0.05) is 35.9 Å². The highest BCUT2D eigenvalue weighted by Gasteiger charge is 2.69. The number of carbonyl (C=O) groups excluding carboxylic acids is 3. The first-order valence-corrected chi connectivity index (χ1v) is 14.5. The largest absolute Gasteiger partial charge is 0.497 e. The van der Waals surface area contributed by atoms with Gasteiger partial charge in [0.05, 0.1) is 38.9 Å². The van der Waals surface area contributed by atoms with E-state index in [2.05, 4.69) is 10.3 Å². The quantitative estimate of drug-likeness (QED) is 0.190.